The fraction of sp³-hybridized carbons (Fsp3) is 0.414. The zero-order valence-corrected chi connectivity index (χ0v) is 22.2. The van der Waals surface area contributed by atoms with Crippen molar-refractivity contribution < 1.29 is 24.2 Å². The second-order valence-electron chi connectivity index (χ2n) is 9.87. The first-order valence-corrected chi connectivity index (χ1v) is 12.4. The summed E-state index contributed by atoms with van der Waals surface area (Å²) in [5.74, 6) is -0.982. The van der Waals surface area contributed by atoms with Crippen molar-refractivity contribution in [1.82, 2.24) is 15.5 Å². The van der Waals surface area contributed by atoms with Crippen LogP contribution >= 0.6 is 0 Å². The lowest BCUT2D eigenvalue weighted by Gasteiger charge is -2.30. The van der Waals surface area contributed by atoms with E-state index in [4.69, 9.17) is 11.2 Å². The van der Waals surface area contributed by atoms with E-state index in [0.29, 0.717) is 17.7 Å². The summed E-state index contributed by atoms with van der Waals surface area (Å²) in [5, 5.41) is 15.1. The second kappa shape index (κ2) is 13.4. The van der Waals surface area contributed by atoms with Gasteiger partial charge in [0.2, 0.25) is 5.91 Å². The fourth-order valence-electron chi connectivity index (χ4n) is 3.69. The van der Waals surface area contributed by atoms with E-state index in [1.165, 1.54) is 12.1 Å². The summed E-state index contributed by atoms with van der Waals surface area (Å²) in [6, 6.07) is 13.6. The lowest BCUT2D eigenvalue weighted by atomic mass is 9.99. The molecule has 0 fully saturated rings. The van der Waals surface area contributed by atoms with Gasteiger partial charge in [-0.3, -0.25) is 14.5 Å². The van der Waals surface area contributed by atoms with Gasteiger partial charge in [-0.25, -0.2) is 4.79 Å². The van der Waals surface area contributed by atoms with Crippen LogP contribution in [0.15, 0.2) is 48.5 Å². The van der Waals surface area contributed by atoms with Crippen molar-refractivity contribution in [2.24, 2.45) is 0 Å². The van der Waals surface area contributed by atoms with Crippen molar-refractivity contribution in [2.45, 2.75) is 71.6 Å². The van der Waals surface area contributed by atoms with Crippen LogP contribution in [0.5, 0.6) is 5.75 Å². The largest absolute Gasteiger partial charge is 0.508 e. The molecule has 2 atom stereocenters. The Morgan fingerprint density at radius 2 is 1.81 bits per heavy atom. The highest BCUT2D eigenvalue weighted by Gasteiger charge is 2.36. The molecule has 3 amide bonds. The normalized spacial score (nSPS) is 12.5. The summed E-state index contributed by atoms with van der Waals surface area (Å²) in [7, 11) is 0. The number of phenols is 1. The molecule has 2 unspecified atom stereocenters. The molecule has 0 bridgehead atoms. The van der Waals surface area contributed by atoms with Crippen molar-refractivity contribution in [3.63, 3.8) is 0 Å². The van der Waals surface area contributed by atoms with Gasteiger partial charge in [0.1, 0.15) is 23.4 Å². The van der Waals surface area contributed by atoms with E-state index in [9.17, 15) is 19.5 Å². The molecule has 3 N–H and O–H groups in total. The highest BCUT2D eigenvalue weighted by molar-refractivity contribution is 5.93. The summed E-state index contributed by atoms with van der Waals surface area (Å²) < 4.78 is 5.37. The summed E-state index contributed by atoms with van der Waals surface area (Å²) in [6.07, 6.45) is 6.77. The molecule has 8 nitrogen and oxygen atoms in total. The van der Waals surface area contributed by atoms with Gasteiger partial charge in [-0.15, -0.1) is 0 Å². The third-order valence-corrected chi connectivity index (χ3v) is 5.44. The van der Waals surface area contributed by atoms with Crippen molar-refractivity contribution in [2.75, 3.05) is 6.54 Å². The number of carbonyl (C=O) groups is 3. The van der Waals surface area contributed by atoms with Gasteiger partial charge in [-0.1, -0.05) is 61.7 Å². The van der Waals surface area contributed by atoms with Crippen molar-refractivity contribution in [3.8, 4) is 18.2 Å². The Labute approximate surface area is 219 Å². The minimum atomic E-state index is -1.13. The van der Waals surface area contributed by atoms with E-state index in [-0.39, 0.29) is 12.2 Å². The monoisotopic (exact) mass is 507 g/mol. The number of nitrogens with one attached hydrogen (secondary N) is 2. The summed E-state index contributed by atoms with van der Waals surface area (Å²) in [4.78, 5) is 40.9. The summed E-state index contributed by atoms with van der Waals surface area (Å²) >= 11 is 0. The van der Waals surface area contributed by atoms with Crippen LogP contribution in [0.3, 0.4) is 0 Å². The minimum absolute atomic E-state index is 0.0640. The Balaban J connectivity index is 2.45. The lowest BCUT2D eigenvalue weighted by molar-refractivity contribution is -0.138. The third kappa shape index (κ3) is 9.19. The molecule has 2 rings (SSSR count). The maximum absolute atomic E-state index is 13.9. The standard InChI is InChI=1S/C29H37N3O5/c1-7-9-17-30-26(34)25(22-12-10-11-20(3)18-22)32(8-2)27(35)24(31-28(36)37-29(4,5)6)19-21-13-15-23(33)16-14-21/h2,10-16,18,24-25,33H,7,9,17,19H2,1,3-6H3,(H,30,34)(H,31,36). The van der Waals surface area contributed by atoms with Gasteiger partial charge in [0.05, 0.1) is 0 Å². The van der Waals surface area contributed by atoms with Crippen LogP contribution in [-0.4, -0.2) is 46.1 Å². The van der Waals surface area contributed by atoms with E-state index >= 15 is 0 Å². The molecular formula is C29H37N3O5. The number of rotatable bonds is 10. The quantitative estimate of drug-likeness (QED) is 0.254. The van der Waals surface area contributed by atoms with Crippen molar-refractivity contribution in [3.05, 3.63) is 65.2 Å². The molecule has 0 aliphatic heterocycles. The van der Waals surface area contributed by atoms with Gasteiger partial charge >= 0.3 is 6.09 Å². The highest BCUT2D eigenvalue weighted by atomic mass is 16.6. The van der Waals surface area contributed by atoms with Gasteiger partial charge in [0, 0.05) is 19.0 Å². The zero-order chi connectivity index (χ0) is 27.6. The predicted octanol–water partition coefficient (Wildman–Crippen LogP) is 4.21. The molecular weight excluding hydrogens is 470 g/mol. The number of hydrogen-bond donors (Lipinski definition) is 3. The number of aromatic hydroxyl groups is 1. The van der Waals surface area contributed by atoms with Gasteiger partial charge in [0.25, 0.3) is 5.91 Å². The highest BCUT2D eigenvalue weighted by Crippen LogP contribution is 2.24. The van der Waals surface area contributed by atoms with Crippen LogP contribution in [-0.2, 0) is 20.7 Å². The maximum Gasteiger partial charge on any atom is 0.408 e. The van der Waals surface area contributed by atoms with Gasteiger partial charge in [-0.05, 0) is 57.4 Å². The Hall–Kier alpha value is -3.99. The van der Waals surface area contributed by atoms with Gasteiger partial charge in [0.15, 0.2) is 0 Å². The molecule has 2 aromatic carbocycles. The number of carbonyl (C=O) groups excluding carboxylic acids is 3. The molecule has 198 valence electrons. The first-order chi connectivity index (χ1) is 17.4. The number of hydrogen-bond acceptors (Lipinski definition) is 5. The first-order valence-electron chi connectivity index (χ1n) is 12.4. The molecule has 37 heavy (non-hydrogen) atoms. The second-order valence-corrected chi connectivity index (χ2v) is 9.87. The number of alkyl carbamates (subject to hydrolysis) is 1. The van der Waals surface area contributed by atoms with Crippen LogP contribution in [0.4, 0.5) is 4.79 Å². The van der Waals surface area contributed by atoms with Crippen molar-refractivity contribution >= 4 is 17.9 Å². The van der Waals surface area contributed by atoms with E-state index < -0.39 is 35.6 Å². The Kier molecular flexibility index (Phi) is 10.6. The molecule has 2 aromatic rings. The number of benzene rings is 2. The smallest absolute Gasteiger partial charge is 0.408 e. The molecule has 0 saturated carbocycles. The van der Waals surface area contributed by atoms with E-state index in [1.807, 2.05) is 19.9 Å². The summed E-state index contributed by atoms with van der Waals surface area (Å²) in [5.41, 5.74) is 1.34. The number of amides is 3. The molecule has 0 spiro atoms. The van der Waals surface area contributed by atoms with Gasteiger partial charge in [-0.2, -0.15) is 0 Å². The number of ether oxygens (including phenoxy) is 1. The molecule has 0 heterocycles. The van der Waals surface area contributed by atoms with Crippen LogP contribution < -0.4 is 10.6 Å². The van der Waals surface area contributed by atoms with Crippen molar-refractivity contribution in [1.29, 1.82) is 0 Å². The minimum Gasteiger partial charge on any atom is -0.508 e. The van der Waals surface area contributed by atoms with Crippen LogP contribution in [0.1, 0.15) is 63.3 Å². The maximum atomic E-state index is 13.9. The number of nitrogens with zero attached hydrogens (tertiary/aromatic N) is 1. The van der Waals surface area contributed by atoms with Crippen LogP contribution in [0, 0.1) is 19.4 Å². The number of unbranched alkanes of at least 4 members (excludes halogenated alkanes) is 1. The average molecular weight is 508 g/mol. The molecule has 0 radical (unpaired) electrons. The Morgan fingerprint density at radius 1 is 1.14 bits per heavy atom. The molecule has 0 aromatic heterocycles. The Bertz CT molecular complexity index is 1120. The predicted molar refractivity (Wildman–Crippen MR) is 142 cm³/mol. The third-order valence-electron chi connectivity index (χ3n) is 5.44. The molecule has 0 aliphatic carbocycles. The molecule has 0 saturated heterocycles. The average Bonchev–Trinajstić information content (AvgIpc) is 2.81. The van der Waals surface area contributed by atoms with Gasteiger partial charge < -0.3 is 20.5 Å². The van der Waals surface area contributed by atoms with E-state index in [1.54, 1.807) is 51.1 Å². The molecule has 8 heteroatoms. The first kappa shape index (κ1) is 29.2. The fourth-order valence-corrected chi connectivity index (χ4v) is 3.69. The van der Waals surface area contributed by atoms with E-state index in [0.717, 1.165) is 23.3 Å². The molecule has 0 aliphatic rings. The van der Waals surface area contributed by atoms with Crippen LogP contribution in [0.25, 0.3) is 0 Å². The lowest BCUT2D eigenvalue weighted by Crippen LogP contribution is -2.52. The van der Waals surface area contributed by atoms with E-state index in [2.05, 4.69) is 16.7 Å². The SMILES string of the molecule is C#CN(C(=O)C(Cc1ccc(O)cc1)NC(=O)OC(C)(C)C)C(C(=O)NCCCC)c1cccc(C)c1. The summed E-state index contributed by atoms with van der Waals surface area (Å²) in [6.45, 7) is 9.48. The number of terminal acetylenes is 1. The van der Waals surface area contributed by atoms with Crippen LogP contribution in [0.2, 0.25) is 0 Å². The number of aryl methyl sites for hydroxylation is 1. The topological polar surface area (TPSA) is 108 Å². The Morgan fingerprint density at radius 3 is 2.38 bits per heavy atom. The zero-order valence-electron chi connectivity index (χ0n) is 22.2. The number of phenolic OH excluding ortho intramolecular Hbond substituents is 1.